The average Bonchev–Trinajstić information content (AvgIpc) is 2.23. The molecule has 2 bridgehead atoms. The van der Waals surface area contributed by atoms with Crippen molar-refractivity contribution < 1.29 is 5.11 Å². The topological polar surface area (TPSA) is 32.3 Å². The van der Waals surface area contributed by atoms with Crippen LogP contribution in [0.3, 0.4) is 0 Å². The number of hydrogen-bond donors (Lipinski definition) is 2. The van der Waals surface area contributed by atoms with Crippen LogP contribution >= 0.6 is 0 Å². The summed E-state index contributed by atoms with van der Waals surface area (Å²) in [6.07, 6.45) is 3.29. The van der Waals surface area contributed by atoms with Crippen LogP contribution in [-0.2, 0) is 0 Å². The minimum atomic E-state index is -0.0249. The van der Waals surface area contributed by atoms with E-state index in [1.165, 1.54) is 6.42 Å². The third kappa shape index (κ3) is 0.867. The Bertz CT molecular complexity index is 148. The number of aliphatic hydroxyl groups excluding tert-OH is 1. The van der Waals surface area contributed by atoms with Crippen molar-refractivity contribution in [2.24, 2.45) is 5.92 Å². The maximum absolute atomic E-state index is 9.47. The van der Waals surface area contributed by atoms with Gasteiger partial charge in [0.15, 0.2) is 0 Å². The predicted molar refractivity (Wildman–Crippen MR) is 39.8 cm³/mol. The molecule has 0 radical (unpaired) electrons. The maximum Gasteiger partial charge on any atom is 0.0581 e. The van der Waals surface area contributed by atoms with Crippen molar-refractivity contribution in [3.8, 4) is 0 Å². The quantitative estimate of drug-likeness (QED) is 0.515. The van der Waals surface area contributed by atoms with Gasteiger partial charge in [-0.3, -0.25) is 0 Å². The highest BCUT2D eigenvalue weighted by atomic mass is 16.3. The van der Waals surface area contributed by atoms with Crippen molar-refractivity contribution in [3.63, 3.8) is 0 Å². The highest BCUT2D eigenvalue weighted by Crippen LogP contribution is 2.36. The summed E-state index contributed by atoms with van der Waals surface area (Å²) in [4.78, 5) is 0. The molecule has 2 heteroatoms. The van der Waals surface area contributed by atoms with E-state index in [0.717, 1.165) is 19.4 Å². The molecule has 0 spiro atoms. The summed E-state index contributed by atoms with van der Waals surface area (Å²) in [5, 5.41) is 12.9. The molecule has 1 aliphatic carbocycles. The number of fused-ring (bicyclic) bond motifs is 2. The molecule has 2 nitrogen and oxygen atoms in total. The van der Waals surface area contributed by atoms with Crippen molar-refractivity contribution in [1.29, 1.82) is 0 Å². The summed E-state index contributed by atoms with van der Waals surface area (Å²) in [6.45, 7) is 3.29. The standard InChI is InChI=1S/C8H15NO/c1-8-3-2-7(10)6(4-8)5-9-8/h6-7,9-10H,2-5H2,1H3/t6-,7-,8+/m1/s1. The molecule has 1 heterocycles. The van der Waals surface area contributed by atoms with Gasteiger partial charge in [0.05, 0.1) is 6.10 Å². The molecule has 58 valence electrons. The van der Waals surface area contributed by atoms with E-state index in [1.54, 1.807) is 0 Å². The molecule has 1 aliphatic heterocycles. The second kappa shape index (κ2) is 1.95. The van der Waals surface area contributed by atoms with Gasteiger partial charge in [0.2, 0.25) is 0 Å². The van der Waals surface area contributed by atoms with E-state index < -0.39 is 0 Å². The highest BCUT2D eigenvalue weighted by Gasteiger charge is 2.42. The molecule has 3 atom stereocenters. The van der Waals surface area contributed by atoms with Crippen molar-refractivity contribution in [2.45, 2.75) is 37.8 Å². The first-order chi connectivity index (χ1) is 4.70. The molecule has 0 aromatic heterocycles. The summed E-state index contributed by atoms with van der Waals surface area (Å²) >= 11 is 0. The molecule has 2 aliphatic rings. The van der Waals surface area contributed by atoms with Gasteiger partial charge in [-0.2, -0.15) is 0 Å². The number of aliphatic hydroxyl groups is 1. The van der Waals surface area contributed by atoms with Crippen LogP contribution in [0.1, 0.15) is 26.2 Å². The number of hydrogen-bond acceptors (Lipinski definition) is 2. The lowest BCUT2D eigenvalue weighted by atomic mass is 9.80. The van der Waals surface area contributed by atoms with Crippen LogP contribution in [0.2, 0.25) is 0 Å². The van der Waals surface area contributed by atoms with E-state index in [1.807, 2.05) is 0 Å². The van der Waals surface area contributed by atoms with Crippen LogP contribution < -0.4 is 5.32 Å². The van der Waals surface area contributed by atoms with Crippen molar-refractivity contribution >= 4 is 0 Å². The van der Waals surface area contributed by atoms with Gasteiger partial charge in [-0.1, -0.05) is 0 Å². The monoisotopic (exact) mass is 141 g/mol. The Hall–Kier alpha value is -0.0800. The smallest absolute Gasteiger partial charge is 0.0581 e. The Morgan fingerprint density at radius 1 is 1.60 bits per heavy atom. The Morgan fingerprint density at radius 3 is 3.10 bits per heavy atom. The van der Waals surface area contributed by atoms with E-state index in [4.69, 9.17) is 0 Å². The first kappa shape index (κ1) is 6.62. The first-order valence-corrected chi connectivity index (χ1v) is 4.13. The fourth-order valence-electron chi connectivity index (χ4n) is 2.27. The van der Waals surface area contributed by atoms with Crippen LogP contribution in [0.5, 0.6) is 0 Å². The Kier molecular flexibility index (Phi) is 1.29. The van der Waals surface area contributed by atoms with E-state index in [2.05, 4.69) is 12.2 Å². The maximum atomic E-state index is 9.47. The van der Waals surface area contributed by atoms with Crippen LogP contribution in [0.4, 0.5) is 0 Å². The lowest BCUT2D eigenvalue weighted by molar-refractivity contribution is 0.0760. The van der Waals surface area contributed by atoms with Gasteiger partial charge in [0, 0.05) is 12.1 Å². The SMILES string of the molecule is C[C@@]12CC[C@@H](O)[C@@H](CN1)C2. The van der Waals surface area contributed by atoms with E-state index in [-0.39, 0.29) is 6.10 Å². The van der Waals surface area contributed by atoms with Gasteiger partial charge in [-0.05, 0) is 32.1 Å². The van der Waals surface area contributed by atoms with Gasteiger partial charge in [-0.15, -0.1) is 0 Å². The molecular formula is C8H15NO. The molecule has 10 heavy (non-hydrogen) atoms. The number of rotatable bonds is 0. The highest BCUT2D eigenvalue weighted by molar-refractivity contribution is 4.99. The molecule has 0 amide bonds. The van der Waals surface area contributed by atoms with E-state index in [0.29, 0.717) is 11.5 Å². The minimum absolute atomic E-state index is 0.0249. The Labute approximate surface area is 61.6 Å². The molecule has 1 saturated heterocycles. The average molecular weight is 141 g/mol. The molecular weight excluding hydrogens is 126 g/mol. The van der Waals surface area contributed by atoms with Gasteiger partial charge in [0.1, 0.15) is 0 Å². The molecule has 2 fully saturated rings. The minimum Gasteiger partial charge on any atom is -0.393 e. The van der Waals surface area contributed by atoms with Gasteiger partial charge >= 0.3 is 0 Å². The van der Waals surface area contributed by atoms with Gasteiger partial charge in [0.25, 0.3) is 0 Å². The Balaban J connectivity index is 2.12. The summed E-state index contributed by atoms with van der Waals surface area (Å²) in [7, 11) is 0. The zero-order valence-electron chi connectivity index (χ0n) is 6.43. The van der Waals surface area contributed by atoms with Crippen LogP contribution in [0.25, 0.3) is 0 Å². The van der Waals surface area contributed by atoms with E-state index >= 15 is 0 Å². The second-order valence-corrected chi connectivity index (χ2v) is 4.01. The van der Waals surface area contributed by atoms with Crippen LogP contribution in [-0.4, -0.2) is 23.3 Å². The molecule has 2 N–H and O–H groups in total. The Morgan fingerprint density at radius 2 is 2.40 bits per heavy atom. The first-order valence-electron chi connectivity index (χ1n) is 4.13. The fraction of sp³-hybridized carbons (Fsp3) is 1.00. The van der Waals surface area contributed by atoms with Crippen molar-refractivity contribution in [3.05, 3.63) is 0 Å². The zero-order valence-corrected chi connectivity index (χ0v) is 6.43. The molecule has 0 unspecified atom stereocenters. The van der Waals surface area contributed by atoms with Crippen LogP contribution in [0, 0.1) is 5.92 Å². The zero-order chi connectivity index (χ0) is 7.19. The predicted octanol–water partition coefficient (Wildman–Crippen LogP) is 0.509. The molecule has 2 rings (SSSR count). The van der Waals surface area contributed by atoms with E-state index in [9.17, 15) is 5.11 Å². The summed E-state index contributed by atoms with van der Waals surface area (Å²) in [5.74, 6) is 0.541. The third-order valence-electron chi connectivity index (χ3n) is 3.04. The van der Waals surface area contributed by atoms with Gasteiger partial charge in [-0.25, -0.2) is 0 Å². The van der Waals surface area contributed by atoms with Crippen LogP contribution in [0.15, 0.2) is 0 Å². The third-order valence-corrected chi connectivity index (χ3v) is 3.04. The molecule has 0 aromatic rings. The van der Waals surface area contributed by atoms with Crippen molar-refractivity contribution in [1.82, 2.24) is 5.32 Å². The molecule has 0 aromatic carbocycles. The summed E-state index contributed by atoms with van der Waals surface area (Å²) in [6, 6.07) is 0. The largest absolute Gasteiger partial charge is 0.393 e. The second-order valence-electron chi connectivity index (χ2n) is 4.01. The number of nitrogens with one attached hydrogen (secondary N) is 1. The van der Waals surface area contributed by atoms with Crippen molar-refractivity contribution in [2.75, 3.05) is 6.54 Å². The normalized spacial score (nSPS) is 53.4. The van der Waals surface area contributed by atoms with Gasteiger partial charge < -0.3 is 10.4 Å². The summed E-state index contributed by atoms with van der Waals surface area (Å²) < 4.78 is 0. The summed E-state index contributed by atoms with van der Waals surface area (Å²) in [5.41, 5.74) is 0.365. The lowest BCUT2D eigenvalue weighted by Crippen LogP contribution is -2.38. The lowest BCUT2D eigenvalue weighted by Gasteiger charge is -2.31. The molecule has 1 saturated carbocycles. The fourth-order valence-corrected chi connectivity index (χ4v) is 2.27.